The number of benzene rings is 2. The standard InChI is InChI=1S/C17H19NO/c1-12-9-16(8-6-15(12)11-18)19-17-7-5-13-3-2-4-14(13)10-17/h5-10H,2-4,11,18H2,1H3. The molecular formula is C17H19NO. The molecule has 0 amide bonds. The van der Waals surface area contributed by atoms with Crippen LogP contribution in [0.3, 0.4) is 0 Å². The lowest BCUT2D eigenvalue weighted by Gasteiger charge is -2.10. The Kier molecular flexibility index (Phi) is 3.26. The Hall–Kier alpha value is -1.80. The maximum Gasteiger partial charge on any atom is 0.127 e. The number of nitrogens with two attached hydrogens (primary N) is 1. The zero-order valence-electron chi connectivity index (χ0n) is 11.3. The van der Waals surface area contributed by atoms with Crippen LogP contribution in [0.1, 0.15) is 28.7 Å². The van der Waals surface area contributed by atoms with Crippen LogP contribution in [0.25, 0.3) is 0 Å². The summed E-state index contributed by atoms with van der Waals surface area (Å²) in [5.74, 6) is 1.81. The minimum atomic E-state index is 0.574. The molecule has 2 N–H and O–H groups in total. The number of fused-ring (bicyclic) bond motifs is 1. The van der Waals surface area contributed by atoms with Crippen LogP contribution in [0.15, 0.2) is 36.4 Å². The summed E-state index contributed by atoms with van der Waals surface area (Å²) < 4.78 is 5.94. The summed E-state index contributed by atoms with van der Waals surface area (Å²) in [5, 5.41) is 0. The molecule has 0 fully saturated rings. The zero-order chi connectivity index (χ0) is 13.2. The molecule has 0 aromatic heterocycles. The molecule has 0 saturated carbocycles. The van der Waals surface area contributed by atoms with E-state index in [1.165, 1.54) is 41.5 Å². The molecule has 2 heteroatoms. The lowest BCUT2D eigenvalue weighted by atomic mass is 10.1. The smallest absolute Gasteiger partial charge is 0.127 e. The van der Waals surface area contributed by atoms with Crippen LogP contribution in [0.2, 0.25) is 0 Å². The Labute approximate surface area is 114 Å². The van der Waals surface area contributed by atoms with Gasteiger partial charge in [-0.15, -0.1) is 0 Å². The van der Waals surface area contributed by atoms with E-state index in [1.54, 1.807) is 0 Å². The Morgan fingerprint density at radius 2 is 1.74 bits per heavy atom. The molecule has 98 valence electrons. The normalized spacial score (nSPS) is 13.4. The summed E-state index contributed by atoms with van der Waals surface area (Å²) in [6.07, 6.45) is 3.65. The highest BCUT2D eigenvalue weighted by molar-refractivity contribution is 5.42. The van der Waals surface area contributed by atoms with E-state index in [1.807, 2.05) is 12.1 Å². The summed E-state index contributed by atoms with van der Waals surface area (Å²) in [5.41, 5.74) is 10.9. The molecule has 0 unspecified atom stereocenters. The highest BCUT2D eigenvalue weighted by Crippen LogP contribution is 2.29. The molecule has 1 aliphatic carbocycles. The topological polar surface area (TPSA) is 35.2 Å². The summed E-state index contributed by atoms with van der Waals surface area (Å²) in [4.78, 5) is 0. The van der Waals surface area contributed by atoms with Crippen LogP contribution in [0.4, 0.5) is 0 Å². The molecule has 1 aliphatic rings. The van der Waals surface area contributed by atoms with Crippen molar-refractivity contribution in [1.29, 1.82) is 0 Å². The van der Waals surface area contributed by atoms with E-state index < -0.39 is 0 Å². The first-order valence-electron chi connectivity index (χ1n) is 6.85. The number of aryl methyl sites for hydroxylation is 3. The van der Waals surface area contributed by atoms with Gasteiger partial charge in [-0.25, -0.2) is 0 Å². The fraction of sp³-hybridized carbons (Fsp3) is 0.294. The van der Waals surface area contributed by atoms with Gasteiger partial charge in [0.2, 0.25) is 0 Å². The molecule has 2 aromatic carbocycles. The first kappa shape index (κ1) is 12.2. The van der Waals surface area contributed by atoms with Gasteiger partial charge in [0, 0.05) is 6.54 Å². The summed E-state index contributed by atoms with van der Waals surface area (Å²) >= 11 is 0. The lowest BCUT2D eigenvalue weighted by molar-refractivity contribution is 0.481. The highest BCUT2D eigenvalue weighted by Gasteiger charge is 2.11. The van der Waals surface area contributed by atoms with E-state index in [2.05, 4.69) is 31.2 Å². The summed E-state index contributed by atoms with van der Waals surface area (Å²) in [6, 6.07) is 12.5. The van der Waals surface area contributed by atoms with Crippen molar-refractivity contribution in [2.45, 2.75) is 32.7 Å². The van der Waals surface area contributed by atoms with Gasteiger partial charge in [0.05, 0.1) is 0 Å². The van der Waals surface area contributed by atoms with Crippen molar-refractivity contribution < 1.29 is 4.74 Å². The van der Waals surface area contributed by atoms with Crippen molar-refractivity contribution in [3.8, 4) is 11.5 Å². The molecule has 0 aliphatic heterocycles. The third-order valence-electron chi connectivity index (χ3n) is 3.84. The van der Waals surface area contributed by atoms with Gasteiger partial charge < -0.3 is 10.5 Å². The zero-order valence-corrected chi connectivity index (χ0v) is 11.3. The van der Waals surface area contributed by atoms with E-state index in [0.717, 1.165) is 11.5 Å². The van der Waals surface area contributed by atoms with Crippen LogP contribution >= 0.6 is 0 Å². The SMILES string of the molecule is Cc1cc(Oc2ccc3c(c2)CCC3)ccc1CN. The fourth-order valence-corrected chi connectivity index (χ4v) is 2.71. The Bertz CT molecular complexity index is 604. The summed E-state index contributed by atoms with van der Waals surface area (Å²) in [6.45, 7) is 2.64. The lowest BCUT2D eigenvalue weighted by Crippen LogP contribution is -1.99. The molecular weight excluding hydrogens is 234 g/mol. The predicted molar refractivity (Wildman–Crippen MR) is 77.6 cm³/mol. The third kappa shape index (κ3) is 2.49. The maximum atomic E-state index is 5.94. The Morgan fingerprint density at radius 3 is 2.53 bits per heavy atom. The van der Waals surface area contributed by atoms with Gasteiger partial charge in [-0.3, -0.25) is 0 Å². The largest absolute Gasteiger partial charge is 0.457 e. The average molecular weight is 253 g/mol. The van der Waals surface area contributed by atoms with Gasteiger partial charge in [-0.2, -0.15) is 0 Å². The fourth-order valence-electron chi connectivity index (χ4n) is 2.71. The third-order valence-corrected chi connectivity index (χ3v) is 3.84. The van der Waals surface area contributed by atoms with Crippen LogP contribution in [0.5, 0.6) is 11.5 Å². The number of rotatable bonds is 3. The molecule has 3 rings (SSSR count). The highest BCUT2D eigenvalue weighted by atomic mass is 16.5. The first-order valence-corrected chi connectivity index (χ1v) is 6.85. The van der Waals surface area contributed by atoms with Gasteiger partial charge in [-0.1, -0.05) is 12.1 Å². The monoisotopic (exact) mass is 253 g/mol. The van der Waals surface area contributed by atoms with Crippen LogP contribution in [-0.4, -0.2) is 0 Å². The maximum absolute atomic E-state index is 5.94. The van der Waals surface area contributed by atoms with Crippen molar-refractivity contribution in [2.75, 3.05) is 0 Å². The number of ether oxygens (including phenoxy) is 1. The van der Waals surface area contributed by atoms with Crippen molar-refractivity contribution in [3.05, 3.63) is 58.7 Å². The second kappa shape index (κ2) is 5.06. The molecule has 0 radical (unpaired) electrons. The minimum absolute atomic E-state index is 0.574. The van der Waals surface area contributed by atoms with Gasteiger partial charge in [0.25, 0.3) is 0 Å². The molecule has 2 nitrogen and oxygen atoms in total. The van der Waals surface area contributed by atoms with Gasteiger partial charge in [0.1, 0.15) is 11.5 Å². The van der Waals surface area contributed by atoms with Gasteiger partial charge in [-0.05, 0) is 72.7 Å². The van der Waals surface area contributed by atoms with Crippen molar-refractivity contribution >= 4 is 0 Å². The average Bonchev–Trinajstić information content (AvgIpc) is 2.86. The van der Waals surface area contributed by atoms with E-state index in [0.29, 0.717) is 6.54 Å². The first-order chi connectivity index (χ1) is 9.26. The molecule has 0 spiro atoms. The van der Waals surface area contributed by atoms with Crippen molar-refractivity contribution in [3.63, 3.8) is 0 Å². The van der Waals surface area contributed by atoms with E-state index >= 15 is 0 Å². The molecule has 0 atom stereocenters. The summed E-state index contributed by atoms with van der Waals surface area (Å²) in [7, 11) is 0. The second-order valence-corrected chi connectivity index (χ2v) is 5.18. The quantitative estimate of drug-likeness (QED) is 0.904. The van der Waals surface area contributed by atoms with Crippen LogP contribution in [0, 0.1) is 6.92 Å². The van der Waals surface area contributed by atoms with Gasteiger partial charge in [0.15, 0.2) is 0 Å². The molecule has 0 bridgehead atoms. The van der Waals surface area contributed by atoms with E-state index in [9.17, 15) is 0 Å². The molecule has 0 heterocycles. The van der Waals surface area contributed by atoms with Gasteiger partial charge >= 0.3 is 0 Å². The number of hydrogen-bond donors (Lipinski definition) is 1. The molecule has 0 saturated heterocycles. The Morgan fingerprint density at radius 1 is 1.00 bits per heavy atom. The van der Waals surface area contributed by atoms with Crippen LogP contribution in [-0.2, 0) is 19.4 Å². The second-order valence-electron chi connectivity index (χ2n) is 5.18. The molecule has 2 aromatic rings. The molecule has 19 heavy (non-hydrogen) atoms. The van der Waals surface area contributed by atoms with Crippen LogP contribution < -0.4 is 10.5 Å². The van der Waals surface area contributed by atoms with E-state index in [4.69, 9.17) is 10.5 Å². The predicted octanol–water partition coefficient (Wildman–Crippen LogP) is 3.73. The van der Waals surface area contributed by atoms with Crippen molar-refractivity contribution in [2.24, 2.45) is 5.73 Å². The van der Waals surface area contributed by atoms with E-state index in [-0.39, 0.29) is 0 Å². The Balaban J connectivity index is 1.83. The minimum Gasteiger partial charge on any atom is -0.457 e. The van der Waals surface area contributed by atoms with Crippen molar-refractivity contribution in [1.82, 2.24) is 0 Å². The number of hydrogen-bond acceptors (Lipinski definition) is 2.